The van der Waals surface area contributed by atoms with Crippen molar-refractivity contribution in [2.24, 2.45) is 5.92 Å². The lowest BCUT2D eigenvalue weighted by atomic mass is 9.86. The number of nitrogens with one attached hydrogen (secondary N) is 2. The van der Waals surface area contributed by atoms with E-state index in [1.54, 1.807) is 12.3 Å². The van der Waals surface area contributed by atoms with E-state index in [2.05, 4.69) is 15.5 Å². The van der Waals surface area contributed by atoms with Crippen LogP contribution in [0.2, 0.25) is 0 Å². The highest BCUT2D eigenvalue weighted by molar-refractivity contribution is 5.92. The van der Waals surface area contributed by atoms with Gasteiger partial charge in [0, 0.05) is 31.1 Å². The van der Waals surface area contributed by atoms with E-state index < -0.39 is 0 Å². The number of hydrogen-bond acceptors (Lipinski definition) is 4. The van der Waals surface area contributed by atoms with Crippen LogP contribution in [0.25, 0.3) is 0 Å². The van der Waals surface area contributed by atoms with Crippen LogP contribution in [0.4, 0.5) is 0 Å². The Balaban J connectivity index is 1.21. The number of likely N-dealkylation sites (tertiary alicyclic amines) is 1. The summed E-state index contributed by atoms with van der Waals surface area (Å²) in [6, 6.07) is 5.45. The van der Waals surface area contributed by atoms with Gasteiger partial charge >= 0.3 is 0 Å². The summed E-state index contributed by atoms with van der Waals surface area (Å²) in [7, 11) is 0. The lowest BCUT2D eigenvalue weighted by Crippen LogP contribution is -2.38. The molecular formula is C23H32N4O3. The zero-order chi connectivity index (χ0) is 20.8. The molecule has 0 bridgehead atoms. The molecule has 0 radical (unpaired) electrons. The first-order valence-corrected chi connectivity index (χ1v) is 11.3. The summed E-state index contributed by atoms with van der Waals surface area (Å²) in [5.74, 6) is 1.86. The number of hydrogen-bond donors (Lipinski definition) is 2. The maximum absolute atomic E-state index is 12.6. The lowest BCUT2D eigenvalue weighted by molar-refractivity contribution is -0.132. The quantitative estimate of drug-likeness (QED) is 0.719. The maximum atomic E-state index is 12.6. The minimum atomic E-state index is -0.218. The Morgan fingerprint density at radius 2 is 1.97 bits per heavy atom. The van der Waals surface area contributed by atoms with E-state index in [0.29, 0.717) is 36.2 Å². The van der Waals surface area contributed by atoms with Crippen LogP contribution in [-0.4, -0.2) is 40.0 Å². The first kappa shape index (κ1) is 20.7. The van der Waals surface area contributed by atoms with Gasteiger partial charge in [0.2, 0.25) is 5.91 Å². The van der Waals surface area contributed by atoms with Crippen LogP contribution in [0.3, 0.4) is 0 Å². The monoisotopic (exact) mass is 412 g/mol. The van der Waals surface area contributed by atoms with Crippen molar-refractivity contribution in [3.63, 3.8) is 0 Å². The minimum absolute atomic E-state index is 0.218. The summed E-state index contributed by atoms with van der Waals surface area (Å²) in [5.41, 5.74) is 1.37. The van der Waals surface area contributed by atoms with Crippen molar-refractivity contribution in [3.05, 3.63) is 41.6 Å². The van der Waals surface area contributed by atoms with Crippen LogP contribution in [0, 0.1) is 5.92 Å². The van der Waals surface area contributed by atoms with Crippen LogP contribution in [0.5, 0.6) is 0 Å². The molecule has 2 aliphatic rings. The summed E-state index contributed by atoms with van der Waals surface area (Å²) in [6.07, 6.45) is 11.8. The van der Waals surface area contributed by atoms with E-state index in [0.717, 1.165) is 44.0 Å². The summed E-state index contributed by atoms with van der Waals surface area (Å²) in [6.45, 7) is 1.91. The second kappa shape index (κ2) is 9.96. The van der Waals surface area contributed by atoms with Gasteiger partial charge in [-0.1, -0.05) is 32.1 Å². The van der Waals surface area contributed by atoms with Crippen LogP contribution < -0.4 is 5.32 Å². The minimum Gasteiger partial charge on any atom is -0.467 e. The second-order valence-electron chi connectivity index (χ2n) is 8.67. The molecule has 30 heavy (non-hydrogen) atoms. The average molecular weight is 413 g/mol. The number of nitrogens with zero attached hydrogens (tertiary/aromatic N) is 2. The summed E-state index contributed by atoms with van der Waals surface area (Å²) < 4.78 is 5.23. The lowest BCUT2D eigenvalue weighted by Gasteiger charge is -2.32. The average Bonchev–Trinajstić information content (AvgIpc) is 3.49. The number of amides is 2. The molecule has 0 unspecified atom stereocenters. The highest BCUT2D eigenvalue weighted by atomic mass is 16.3. The van der Waals surface area contributed by atoms with E-state index in [1.165, 1.54) is 32.1 Å². The molecule has 0 atom stereocenters. The Bertz CT molecular complexity index is 815. The molecule has 2 N–H and O–H groups in total. The van der Waals surface area contributed by atoms with Crippen LogP contribution in [0.1, 0.15) is 85.6 Å². The fourth-order valence-electron chi connectivity index (χ4n) is 4.73. The Labute approximate surface area is 177 Å². The standard InChI is InChI=1S/C23H32N4O3/c28-22(9-8-17-5-2-1-3-6-17)27-12-10-18(11-13-27)20-15-21(26-25-20)23(29)24-16-19-7-4-14-30-19/h4,7,14-15,17-18H,1-3,5-6,8-13,16H2,(H,24,29)(H,25,26). The second-order valence-corrected chi connectivity index (χ2v) is 8.67. The van der Waals surface area contributed by atoms with Crippen molar-refractivity contribution in [2.45, 2.75) is 70.3 Å². The molecular weight excluding hydrogens is 380 g/mol. The van der Waals surface area contributed by atoms with Crippen molar-refractivity contribution < 1.29 is 14.0 Å². The molecule has 1 aliphatic heterocycles. The number of carbonyl (C=O) groups is 2. The van der Waals surface area contributed by atoms with Crippen LogP contribution in [-0.2, 0) is 11.3 Å². The molecule has 1 saturated heterocycles. The van der Waals surface area contributed by atoms with E-state index in [-0.39, 0.29) is 5.91 Å². The number of aromatic nitrogens is 2. The highest BCUT2D eigenvalue weighted by Crippen LogP contribution is 2.30. The van der Waals surface area contributed by atoms with Crippen LogP contribution in [0.15, 0.2) is 28.9 Å². The van der Waals surface area contributed by atoms with Crippen molar-refractivity contribution in [3.8, 4) is 0 Å². The summed E-state index contributed by atoms with van der Waals surface area (Å²) in [5, 5.41) is 10.0. The predicted octanol–water partition coefficient (Wildman–Crippen LogP) is 4.00. The molecule has 4 rings (SSSR count). The van der Waals surface area contributed by atoms with Crippen molar-refractivity contribution >= 4 is 11.8 Å². The molecule has 2 fully saturated rings. The van der Waals surface area contributed by atoms with E-state index in [4.69, 9.17) is 4.42 Å². The van der Waals surface area contributed by atoms with Gasteiger partial charge in [0.05, 0.1) is 12.8 Å². The van der Waals surface area contributed by atoms with Gasteiger partial charge in [-0.2, -0.15) is 5.10 Å². The highest BCUT2D eigenvalue weighted by Gasteiger charge is 2.26. The number of H-pyrrole nitrogens is 1. The SMILES string of the molecule is O=C(NCc1ccco1)c1cc(C2CCN(C(=O)CCC3CCCCC3)CC2)[nH]n1. The normalized spacial score (nSPS) is 18.5. The van der Waals surface area contributed by atoms with Gasteiger partial charge < -0.3 is 14.6 Å². The Morgan fingerprint density at radius 3 is 2.70 bits per heavy atom. The Morgan fingerprint density at radius 1 is 1.17 bits per heavy atom. The van der Waals surface area contributed by atoms with Gasteiger partial charge in [-0.05, 0) is 43.4 Å². The molecule has 0 aromatic carbocycles. The largest absolute Gasteiger partial charge is 0.467 e. The first-order valence-electron chi connectivity index (χ1n) is 11.3. The van der Waals surface area contributed by atoms with Crippen molar-refractivity contribution in [2.75, 3.05) is 13.1 Å². The molecule has 0 spiro atoms. The van der Waals surface area contributed by atoms with Gasteiger partial charge in [0.15, 0.2) is 0 Å². The van der Waals surface area contributed by atoms with Gasteiger partial charge in [-0.25, -0.2) is 0 Å². The van der Waals surface area contributed by atoms with Gasteiger partial charge in [-0.15, -0.1) is 0 Å². The Hall–Kier alpha value is -2.57. The number of furan rings is 1. The smallest absolute Gasteiger partial charge is 0.272 e. The third kappa shape index (κ3) is 5.32. The summed E-state index contributed by atoms with van der Waals surface area (Å²) in [4.78, 5) is 26.9. The maximum Gasteiger partial charge on any atom is 0.272 e. The van der Waals surface area contributed by atoms with Gasteiger partial charge in [0.1, 0.15) is 11.5 Å². The number of carbonyl (C=O) groups excluding carboxylic acids is 2. The fraction of sp³-hybridized carbons (Fsp3) is 0.609. The Kier molecular flexibility index (Phi) is 6.87. The number of piperidine rings is 1. The first-order chi connectivity index (χ1) is 14.7. The summed E-state index contributed by atoms with van der Waals surface area (Å²) >= 11 is 0. The topological polar surface area (TPSA) is 91.2 Å². The molecule has 1 saturated carbocycles. The molecule has 7 heteroatoms. The predicted molar refractivity (Wildman–Crippen MR) is 113 cm³/mol. The van der Waals surface area contributed by atoms with Crippen molar-refractivity contribution in [1.82, 2.24) is 20.4 Å². The third-order valence-electron chi connectivity index (χ3n) is 6.61. The zero-order valence-electron chi connectivity index (χ0n) is 17.6. The fourth-order valence-corrected chi connectivity index (χ4v) is 4.73. The van der Waals surface area contributed by atoms with Gasteiger partial charge in [0.25, 0.3) is 5.91 Å². The molecule has 162 valence electrons. The molecule has 3 heterocycles. The molecule has 2 amide bonds. The van der Waals surface area contributed by atoms with Crippen LogP contribution >= 0.6 is 0 Å². The van der Waals surface area contributed by atoms with Crippen molar-refractivity contribution in [1.29, 1.82) is 0 Å². The van der Waals surface area contributed by atoms with E-state index in [1.807, 2.05) is 17.0 Å². The molecule has 2 aromatic rings. The zero-order valence-corrected chi connectivity index (χ0v) is 17.6. The molecule has 1 aliphatic carbocycles. The van der Waals surface area contributed by atoms with E-state index >= 15 is 0 Å². The molecule has 7 nitrogen and oxygen atoms in total. The number of aromatic amines is 1. The van der Waals surface area contributed by atoms with Gasteiger partial charge in [-0.3, -0.25) is 14.7 Å². The van der Waals surface area contributed by atoms with E-state index in [9.17, 15) is 9.59 Å². The molecule has 2 aromatic heterocycles. The third-order valence-corrected chi connectivity index (χ3v) is 6.61. The number of rotatable bonds is 7.